The Bertz CT molecular complexity index is 521. The van der Waals surface area contributed by atoms with Crippen LogP contribution in [0.25, 0.3) is 0 Å². The standard InChI is InChI=1S/C15H19FN2O4S/c16-11-4-6-12(7-5-11)17-13(19)9-23-10-14(20)18-22-15-3-1-2-8-21-15/h4-7,15H,1-3,8-10H2,(H,17,19)(H,18,20)/t15-/m1/s1. The number of hydroxylamine groups is 1. The van der Waals surface area contributed by atoms with Gasteiger partial charge in [0.2, 0.25) is 5.91 Å². The number of rotatable bonds is 7. The van der Waals surface area contributed by atoms with Gasteiger partial charge in [-0.15, -0.1) is 11.8 Å². The van der Waals surface area contributed by atoms with Gasteiger partial charge in [-0.2, -0.15) is 0 Å². The van der Waals surface area contributed by atoms with Gasteiger partial charge in [0, 0.05) is 18.7 Å². The van der Waals surface area contributed by atoms with Crippen LogP contribution >= 0.6 is 11.8 Å². The molecule has 2 rings (SSSR count). The van der Waals surface area contributed by atoms with Crippen LogP contribution in [-0.2, 0) is 19.2 Å². The highest BCUT2D eigenvalue weighted by Crippen LogP contribution is 2.13. The number of hydrogen-bond acceptors (Lipinski definition) is 5. The summed E-state index contributed by atoms with van der Waals surface area (Å²) in [5, 5.41) is 2.62. The molecule has 0 radical (unpaired) electrons. The minimum atomic E-state index is -0.389. The van der Waals surface area contributed by atoms with Gasteiger partial charge in [-0.25, -0.2) is 14.7 Å². The molecule has 0 aliphatic carbocycles. The van der Waals surface area contributed by atoms with E-state index in [4.69, 9.17) is 9.57 Å². The molecule has 1 aliphatic heterocycles. The number of hydrogen-bond donors (Lipinski definition) is 2. The van der Waals surface area contributed by atoms with Crippen LogP contribution in [0.3, 0.4) is 0 Å². The Morgan fingerprint density at radius 1 is 1.22 bits per heavy atom. The van der Waals surface area contributed by atoms with E-state index < -0.39 is 0 Å². The van der Waals surface area contributed by atoms with Gasteiger partial charge in [-0.05, 0) is 37.1 Å². The molecule has 126 valence electrons. The summed E-state index contributed by atoms with van der Waals surface area (Å²) in [6, 6.07) is 5.48. The Morgan fingerprint density at radius 2 is 1.96 bits per heavy atom. The summed E-state index contributed by atoms with van der Waals surface area (Å²) < 4.78 is 18.1. The first-order valence-electron chi connectivity index (χ1n) is 7.33. The Labute approximate surface area is 138 Å². The smallest absolute Gasteiger partial charge is 0.253 e. The highest BCUT2D eigenvalue weighted by Gasteiger charge is 2.15. The van der Waals surface area contributed by atoms with Crippen LogP contribution in [0, 0.1) is 5.82 Å². The maximum Gasteiger partial charge on any atom is 0.253 e. The predicted octanol–water partition coefficient (Wildman–Crippen LogP) is 2.07. The van der Waals surface area contributed by atoms with E-state index in [-0.39, 0.29) is 35.4 Å². The minimum absolute atomic E-state index is 0.101. The number of thioether (sulfide) groups is 1. The van der Waals surface area contributed by atoms with Crippen molar-refractivity contribution in [2.75, 3.05) is 23.4 Å². The highest BCUT2D eigenvalue weighted by molar-refractivity contribution is 8.00. The van der Waals surface area contributed by atoms with Crippen molar-refractivity contribution in [3.05, 3.63) is 30.1 Å². The summed E-state index contributed by atoms with van der Waals surface area (Å²) in [6.07, 6.45) is 2.39. The number of carbonyl (C=O) groups excluding carboxylic acids is 2. The fraction of sp³-hybridized carbons (Fsp3) is 0.467. The van der Waals surface area contributed by atoms with Crippen molar-refractivity contribution in [2.24, 2.45) is 0 Å². The Morgan fingerprint density at radius 3 is 2.65 bits per heavy atom. The second-order valence-corrected chi connectivity index (χ2v) is 5.97. The molecule has 1 atom stereocenters. The fourth-order valence-electron chi connectivity index (χ4n) is 1.93. The van der Waals surface area contributed by atoms with E-state index in [2.05, 4.69) is 10.8 Å². The molecule has 1 saturated heterocycles. The molecule has 6 nitrogen and oxygen atoms in total. The van der Waals surface area contributed by atoms with Crippen molar-refractivity contribution in [2.45, 2.75) is 25.6 Å². The maximum absolute atomic E-state index is 12.7. The molecule has 1 aromatic rings. The van der Waals surface area contributed by atoms with Gasteiger partial charge in [0.05, 0.1) is 11.5 Å². The summed E-state index contributed by atoms with van der Waals surface area (Å²) in [7, 11) is 0. The highest BCUT2D eigenvalue weighted by atomic mass is 32.2. The topological polar surface area (TPSA) is 76.7 Å². The van der Waals surface area contributed by atoms with E-state index >= 15 is 0 Å². The molecule has 0 spiro atoms. The number of halogens is 1. The third-order valence-electron chi connectivity index (χ3n) is 3.04. The number of amides is 2. The summed E-state index contributed by atoms with van der Waals surface area (Å²) in [5.41, 5.74) is 2.84. The van der Waals surface area contributed by atoms with Crippen molar-refractivity contribution in [1.29, 1.82) is 0 Å². The quantitative estimate of drug-likeness (QED) is 0.742. The zero-order chi connectivity index (χ0) is 16.5. The Hall–Kier alpha value is -1.64. The molecule has 1 aliphatic rings. The van der Waals surface area contributed by atoms with Gasteiger partial charge in [-0.3, -0.25) is 9.59 Å². The third kappa shape index (κ3) is 6.98. The molecule has 0 bridgehead atoms. The van der Waals surface area contributed by atoms with Crippen molar-refractivity contribution in [3.8, 4) is 0 Å². The largest absolute Gasteiger partial charge is 0.350 e. The molecule has 23 heavy (non-hydrogen) atoms. The van der Waals surface area contributed by atoms with E-state index in [1.54, 1.807) is 0 Å². The second-order valence-electron chi connectivity index (χ2n) is 4.99. The van der Waals surface area contributed by atoms with E-state index in [0.717, 1.165) is 31.0 Å². The van der Waals surface area contributed by atoms with Gasteiger partial charge in [0.15, 0.2) is 6.29 Å². The number of benzene rings is 1. The minimum Gasteiger partial charge on any atom is -0.350 e. The molecule has 0 unspecified atom stereocenters. The van der Waals surface area contributed by atoms with Crippen LogP contribution in [0.5, 0.6) is 0 Å². The molecule has 2 N–H and O–H groups in total. The molecule has 2 amide bonds. The molecule has 0 saturated carbocycles. The average molecular weight is 342 g/mol. The molecule has 0 aromatic heterocycles. The van der Waals surface area contributed by atoms with E-state index in [9.17, 15) is 14.0 Å². The summed E-state index contributed by atoms with van der Waals surface area (Å²) in [4.78, 5) is 28.4. The normalized spacial score (nSPS) is 17.5. The molecule has 1 fully saturated rings. The zero-order valence-corrected chi connectivity index (χ0v) is 13.4. The molecule has 1 aromatic carbocycles. The first-order valence-corrected chi connectivity index (χ1v) is 8.48. The molecule has 1 heterocycles. The van der Waals surface area contributed by atoms with Gasteiger partial charge in [0.1, 0.15) is 5.82 Å². The van der Waals surface area contributed by atoms with Crippen LogP contribution in [0.2, 0.25) is 0 Å². The van der Waals surface area contributed by atoms with Crippen LogP contribution in [0.4, 0.5) is 10.1 Å². The fourth-order valence-corrected chi connectivity index (χ4v) is 2.54. The Balaban J connectivity index is 1.57. The Kier molecular flexibility index (Phi) is 7.31. The van der Waals surface area contributed by atoms with E-state index in [1.165, 1.54) is 24.3 Å². The van der Waals surface area contributed by atoms with Crippen molar-refractivity contribution in [3.63, 3.8) is 0 Å². The first-order chi connectivity index (χ1) is 11.1. The monoisotopic (exact) mass is 342 g/mol. The van der Waals surface area contributed by atoms with Crippen LogP contribution in [0.1, 0.15) is 19.3 Å². The summed E-state index contributed by atoms with van der Waals surface area (Å²) in [5.74, 6) is -0.727. The van der Waals surface area contributed by atoms with Gasteiger partial charge >= 0.3 is 0 Å². The molecule has 8 heteroatoms. The van der Waals surface area contributed by atoms with Gasteiger partial charge < -0.3 is 10.1 Å². The van der Waals surface area contributed by atoms with Crippen LogP contribution < -0.4 is 10.8 Å². The molecular weight excluding hydrogens is 323 g/mol. The number of anilines is 1. The number of ether oxygens (including phenoxy) is 1. The van der Waals surface area contributed by atoms with Crippen molar-refractivity contribution < 1.29 is 23.6 Å². The SMILES string of the molecule is O=C(CSCC(=O)Nc1ccc(F)cc1)NO[C@@H]1CCCCO1. The van der Waals surface area contributed by atoms with Gasteiger partial charge in [0.25, 0.3) is 5.91 Å². The average Bonchev–Trinajstić information content (AvgIpc) is 2.56. The van der Waals surface area contributed by atoms with Crippen molar-refractivity contribution in [1.82, 2.24) is 5.48 Å². The summed E-state index contributed by atoms with van der Waals surface area (Å²) in [6.45, 7) is 0.638. The first kappa shape index (κ1) is 17.7. The summed E-state index contributed by atoms with van der Waals surface area (Å²) >= 11 is 1.16. The van der Waals surface area contributed by atoms with Crippen LogP contribution in [-0.4, -0.2) is 36.2 Å². The maximum atomic E-state index is 12.7. The zero-order valence-electron chi connectivity index (χ0n) is 12.5. The third-order valence-corrected chi connectivity index (χ3v) is 3.97. The van der Waals surface area contributed by atoms with Gasteiger partial charge in [-0.1, -0.05) is 0 Å². The van der Waals surface area contributed by atoms with Crippen LogP contribution in [0.15, 0.2) is 24.3 Å². The van der Waals surface area contributed by atoms with Crippen molar-refractivity contribution >= 4 is 29.3 Å². The number of nitrogens with one attached hydrogen (secondary N) is 2. The number of carbonyl (C=O) groups is 2. The van der Waals surface area contributed by atoms with E-state index in [0.29, 0.717) is 12.3 Å². The lowest BCUT2D eigenvalue weighted by atomic mass is 10.2. The lowest BCUT2D eigenvalue weighted by Crippen LogP contribution is -2.34. The second kappa shape index (κ2) is 9.49. The predicted molar refractivity (Wildman–Crippen MR) is 85.2 cm³/mol. The lowest BCUT2D eigenvalue weighted by Gasteiger charge is -2.22. The molecular formula is C15H19FN2O4S. The lowest BCUT2D eigenvalue weighted by molar-refractivity contribution is -0.199. The van der Waals surface area contributed by atoms with E-state index in [1.807, 2.05) is 0 Å².